The summed E-state index contributed by atoms with van der Waals surface area (Å²) in [6.45, 7) is 1.76. The van der Waals surface area contributed by atoms with Crippen molar-refractivity contribution in [2.24, 2.45) is 0 Å². The molecule has 1 aliphatic rings. The molecule has 1 aliphatic heterocycles. The van der Waals surface area contributed by atoms with Gasteiger partial charge in [0.25, 0.3) is 5.91 Å². The minimum absolute atomic E-state index is 0.135. The summed E-state index contributed by atoms with van der Waals surface area (Å²) in [5, 5.41) is 2.96. The Morgan fingerprint density at radius 2 is 2.37 bits per heavy atom. The van der Waals surface area contributed by atoms with Crippen molar-refractivity contribution in [3.63, 3.8) is 0 Å². The number of rotatable bonds is 4. The van der Waals surface area contributed by atoms with Crippen LogP contribution in [0.4, 0.5) is 5.69 Å². The van der Waals surface area contributed by atoms with Gasteiger partial charge in [-0.2, -0.15) is 0 Å². The number of para-hydroxylation sites is 1. The fourth-order valence-electron chi connectivity index (χ4n) is 2.50. The lowest BCUT2D eigenvalue weighted by molar-refractivity contribution is 0.0940. The van der Waals surface area contributed by atoms with Crippen LogP contribution in [-0.4, -0.2) is 44.1 Å². The summed E-state index contributed by atoms with van der Waals surface area (Å²) < 4.78 is 5.19. The molecule has 0 saturated carbocycles. The van der Waals surface area contributed by atoms with E-state index in [0.717, 1.165) is 13.0 Å². The molecule has 19 heavy (non-hydrogen) atoms. The van der Waals surface area contributed by atoms with Gasteiger partial charge < -0.3 is 20.7 Å². The second-order valence-corrected chi connectivity index (χ2v) is 4.91. The molecule has 1 atom stereocenters. The number of ether oxygens (including phenoxy) is 1. The Hall–Kier alpha value is -1.75. The van der Waals surface area contributed by atoms with Crippen LogP contribution in [-0.2, 0) is 0 Å². The van der Waals surface area contributed by atoms with E-state index in [0.29, 0.717) is 29.6 Å². The zero-order valence-electron chi connectivity index (χ0n) is 11.5. The Labute approximate surface area is 113 Å². The van der Waals surface area contributed by atoms with E-state index in [9.17, 15) is 4.79 Å². The number of nitrogen functional groups attached to an aromatic ring is 1. The second kappa shape index (κ2) is 5.93. The summed E-state index contributed by atoms with van der Waals surface area (Å²) in [6, 6.07) is 5.63. The van der Waals surface area contributed by atoms with Gasteiger partial charge in [-0.1, -0.05) is 6.07 Å². The Balaban J connectivity index is 2.02. The van der Waals surface area contributed by atoms with Crippen LogP contribution < -0.4 is 15.8 Å². The van der Waals surface area contributed by atoms with E-state index in [4.69, 9.17) is 10.5 Å². The van der Waals surface area contributed by atoms with Crippen LogP contribution in [0.5, 0.6) is 5.75 Å². The summed E-state index contributed by atoms with van der Waals surface area (Å²) in [5.74, 6) is 0.309. The first-order chi connectivity index (χ1) is 9.13. The number of carbonyl (C=O) groups excluding carboxylic acids is 1. The van der Waals surface area contributed by atoms with Crippen LogP contribution in [0.2, 0.25) is 0 Å². The lowest BCUT2D eigenvalue weighted by Gasteiger charge is -2.20. The lowest BCUT2D eigenvalue weighted by Crippen LogP contribution is -2.38. The van der Waals surface area contributed by atoms with Crippen LogP contribution >= 0.6 is 0 Å². The van der Waals surface area contributed by atoms with Gasteiger partial charge in [0, 0.05) is 12.6 Å². The Morgan fingerprint density at radius 3 is 3.00 bits per heavy atom. The van der Waals surface area contributed by atoms with Crippen LogP contribution in [0.3, 0.4) is 0 Å². The first-order valence-corrected chi connectivity index (χ1v) is 6.54. The van der Waals surface area contributed by atoms with E-state index < -0.39 is 0 Å². The molecule has 0 aromatic heterocycles. The molecule has 1 aromatic rings. The van der Waals surface area contributed by atoms with Crippen molar-refractivity contribution in [1.82, 2.24) is 10.2 Å². The molecule has 1 fully saturated rings. The fourth-order valence-corrected chi connectivity index (χ4v) is 2.50. The lowest BCUT2D eigenvalue weighted by atomic mass is 10.1. The third-order valence-corrected chi connectivity index (χ3v) is 3.66. The molecule has 2 rings (SSSR count). The summed E-state index contributed by atoms with van der Waals surface area (Å²) in [6.07, 6.45) is 2.32. The summed E-state index contributed by atoms with van der Waals surface area (Å²) in [4.78, 5) is 14.4. The highest BCUT2D eigenvalue weighted by molar-refractivity contribution is 5.98. The molecule has 0 radical (unpaired) electrons. The molecule has 0 aliphatic carbocycles. The van der Waals surface area contributed by atoms with E-state index in [2.05, 4.69) is 17.3 Å². The average molecular weight is 263 g/mol. The van der Waals surface area contributed by atoms with Gasteiger partial charge in [-0.05, 0) is 38.6 Å². The number of nitrogens with two attached hydrogens (primary N) is 1. The van der Waals surface area contributed by atoms with Crippen molar-refractivity contribution in [2.45, 2.75) is 18.9 Å². The number of likely N-dealkylation sites (N-methyl/N-ethyl adjacent to an activating group) is 1. The van der Waals surface area contributed by atoms with Gasteiger partial charge >= 0.3 is 0 Å². The molecule has 1 saturated heterocycles. The molecular weight excluding hydrogens is 242 g/mol. The Morgan fingerprint density at radius 1 is 1.58 bits per heavy atom. The van der Waals surface area contributed by atoms with Gasteiger partial charge in [0.15, 0.2) is 5.75 Å². The number of hydrogen-bond acceptors (Lipinski definition) is 4. The standard InChI is InChI=1S/C14H21N3O2/c1-17-8-4-5-10(17)9-16-14(18)11-6-3-7-12(15)13(11)19-2/h3,6-7,10H,4-5,8-9,15H2,1-2H3,(H,16,18). The highest BCUT2D eigenvalue weighted by Crippen LogP contribution is 2.25. The molecule has 0 bridgehead atoms. The maximum atomic E-state index is 12.2. The highest BCUT2D eigenvalue weighted by Gasteiger charge is 2.22. The smallest absolute Gasteiger partial charge is 0.255 e. The quantitative estimate of drug-likeness (QED) is 0.798. The number of hydrogen-bond donors (Lipinski definition) is 2. The molecular formula is C14H21N3O2. The van der Waals surface area contributed by atoms with Gasteiger partial charge in [-0.25, -0.2) is 0 Å². The minimum atomic E-state index is -0.135. The number of carbonyl (C=O) groups is 1. The third kappa shape index (κ3) is 2.98. The molecule has 1 heterocycles. The first kappa shape index (κ1) is 13.7. The van der Waals surface area contributed by atoms with Gasteiger partial charge in [0.2, 0.25) is 0 Å². The largest absolute Gasteiger partial charge is 0.494 e. The summed E-state index contributed by atoms with van der Waals surface area (Å²) >= 11 is 0. The first-order valence-electron chi connectivity index (χ1n) is 6.54. The van der Waals surface area contributed by atoms with Gasteiger partial charge in [0.1, 0.15) is 0 Å². The predicted octanol–water partition coefficient (Wildman–Crippen LogP) is 1.10. The SMILES string of the molecule is COc1c(N)cccc1C(=O)NCC1CCCN1C. The zero-order chi connectivity index (χ0) is 13.8. The third-order valence-electron chi connectivity index (χ3n) is 3.66. The Kier molecular flexibility index (Phi) is 4.27. The van der Waals surface area contributed by atoms with Crippen molar-refractivity contribution in [2.75, 3.05) is 33.0 Å². The number of nitrogens with one attached hydrogen (secondary N) is 1. The van der Waals surface area contributed by atoms with E-state index in [1.807, 2.05) is 0 Å². The van der Waals surface area contributed by atoms with E-state index in [-0.39, 0.29) is 5.91 Å². The number of likely N-dealkylation sites (tertiary alicyclic amines) is 1. The van der Waals surface area contributed by atoms with Crippen LogP contribution in [0, 0.1) is 0 Å². The van der Waals surface area contributed by atoms with Crippen LogP contribution in [0.15, 0.2) is 18.2 Å². The molecule has 104 valence electrons. The number of benzene rings is 1. The summed E-state index contributed by atoms with van der Waals surface area (Å²) in [7, 11) is 3.61. The second-order valence-electron chi connectivity index (χ2n) is 4.91. The van der Waals surface area contributed by atoms with E-state index >= 15 is 0 Å². The molecule has 5 heteroatoms. The maximum Gasteiger partial charge on any atom is 0.255 e. The number of amides is 1. The van der Waals surface area contributed by atoms with Crippen molar-refractivity contribution in [3.8, 4) is 5.75 Å². The normalized spacial score (nSPS) is 19.4. The van der Waals surface area contributed by atoms with Gasteiger partial charge in [-0.3, -0.25) is 4.79 Å². The number of methoxy groups -OCH3 is 1. The molecule has 3 N–H and O–H groups in total. The molecule has 1 amide bonds. The van der Waals surface area contributed by atoms with Crippen LogP contribution in [0.1, 0.15) is 23.2 Å². The molecule has 0 spiro atoms. The van der Waals surface area contributed by atoms with Crippen molar-refractivity contribution in [3.05, 3.63) is 23.8 Å². The van der Waals surface area contributed by atoms with Gasteiger partial charge in [0.05, 0.1) is 18.4 Å². The van der Waals surface area contributed by atoms with Crippen molar-refractivity contribution < 1.29 is 9.53 Å². The average Bonchev–Trinajstić information content (AvgIpc) is 2.81. The fraction of sp³-hybridized carbons (Fsp3) is 0.500. The highest BCUT2D eigenvalue weighted by atomic mass is 16.5. The zero-order valence-corrected chi connectivity index (χ0v) is 11.5. The molecule has 5 nitrogen and oxygen atoms in total. The van der Waals surface area contributed by atoms with Crippen LogP contribution in [0.25, 0.3) is 0 Å². The molecule has 1 unspecified atom stereocenters. The number of nitrogens with zero attached hydrogens (tertiary/aromatic N) is 1. The molecule has 1 aromatic carbocycles. The number of anilines is 1. The monoisotopic (exact) mass is 263 g/mol. The van der Waals surface area contributed by atoms with Gasteiger partial charge in [-0.15, -0.1) is 0 Å². The van der Waals surface area contributed by atoms with E-state index in [1.165, 1.54) is 13.5 Å². The predicted molar refractivity (Wildman–Crippen MR) is 75.4 cm³/mol. The Bertz CT molecular complexity index is 462. The minimum Gasteiger partial charge on any atom is -0.494 e. The van der Waals surface area contributed by atoms with Crippen molar-refractivity contribution >= 4 is 11.6 Å². The van der Waals surface area contributed by atoms with Crippen molar-refractivity contribution in [1.29, 1.82) is 0 Å². The topological polar surface area (TPSA) is 67.6 Å². The summed E-state index contributed by atoms with van der Waals surface area (Å²) in [5.41, 5.74) is 6.77. The maximum absolute atomic E-state index is 12.2. The van der Waals surface area contributed by atoms with E-state index in [1.54, 1.807) is 18.2 Å².